The van der Waals surface area contributed by atoms with Crippen LogP contribution in [-0.4, -0.2) is 22.7 Å². The van der Waals surface area contributed by atoms with Gasteiger partial charge in [-0.3, -0.25) is 4.79 Å². The summed E-state index contributed by atoms with van der Waals surface area (Å²) in [6.07, 6.45) is -1.15. The number of hydrogen-bond acceptors (Lipinski definition) is 3. The molecule has 2 aromatic rings. The number of phenolic OH excluding ortho intramolecular Hbond substituents is 1. The highest BCUT2D eigenvalue weighted by molar-refractivity contribution is 6.32. The number of benzene rings is 2. The number of phenols is 1. The van der Waals surface area contributed by atoms with Crippen LogP contribution in [0, 0.1) is 5.82 Å². The van der Waals surface area contributed by atoms with Crippen LogP contribution >= 0.6 is 11.6 Å². The SMILES string of the molecule is O=C(NCC(O)c1ccccc1F)c1ccc(O)c(Cl)c1. The van der Waals surface area contributed by atoms with Gasteiger partial charge in [-0.15, -0.1) is 0 Å². The van der Waals surface area contributed by atoms with Crippen molar-refractivity contribution in [3.05, 3.63) is 64.4 Å². The lowest BCUT2D eigenvalue weighted by Crippen LogP contribution is -2.28. The number of hydrogen-bond donors (Lipinski definition) is 3. The quantitative estimate of drug-likeness (QED) is 0.813. The van der Waals surface area contributed by atoms with Crippen LogP contribution in [0.2, 0.25) is 5.02 Å². The van der Waals surface area contributed by atoms with Crippen molar-refractivity contribution in [1.82, 2.24) is 5.32 Å². The molecular formula is C15H13ClFNO3. The van der Waals surface area contributed by atoms with Crippen LogP contribution in [0.1, 0.15) is 22.0 Å². The molecular weight excluding hydrogens is 297 g/mol. The molecule has 0 aliphatic carbocycles. The Morgan fingerprint density at radius 2 is 2.00 bits per heavy atom. The minimum Gasteiger partial charge on any atom is -0.506 e. The fourth-order valence-corrected chi connectivity index (χ4v) is 1.98. The van der Waals surface area contributed by atoms with Gasteiger partial charge in [-0.1, -0.05) is 29.8 Å². The first kappa shape index (κ1) is 15.3. The van der Waals surface area contributed by atoms with Crippen molar-refractivity contribution in [2.24, 2.45) is 0 Å². The van der Waals surface area contributed by atoms with Crippen molar-refractivity contribution in [1.29, 1.82) is 0 Å². The van der Waals surface area contributed by atoms with E-state index in [0.29, 0.717) is 0 Å². The van der Waals surface area contributed by atoms with Crippen LogP contribution in [0.25, 0.3) is 0 Å². The van der Waals surface area contributed by atoms with Gasteiger partial charge < -0.3 is 15.5 Å². The van der Waals surface area contributed by atoms with E-state index in [0.717, 1.165) is 0 Å². The second-order valence-electron chi connectivity index (χ2n) is 4.41. The molecule has 0 spiro atoms. The lowest BCUT2D eigenvalue weighted by Gasteiger charge is -2.13. The lowest BCUT2D eigenvalue weighted by molar-refractivity contribution is 0.0914. The number of amides is 1. The normalized spacial score (nSPS) is 12.0. The average Bonchev–Trinajstić information content (AvgIpc) is 2.47. The summed E-state index contributed by atoms with van der Waals surface area (Å²) in [7, 11) is 0. The molecule has 0 aliphatic rings. The molecule has 4 nitrogen and oxygen atoms in total. The summed E-state index contributed by atoms with van der Waals surface area (Å²) >= 11 is 5.71. The van der Waals surface area contributed by atoms with Crippen LogP contribution in [0.5, 0.6) is 5.75 Å². The van der Waals surface area contributed by atoms with Gasteiger partial charge in [0.1, 0.15) is 11.6 Å². The molecule has 0 aromatic heterocycles. The Bertz CT molecular complexity index is 663. The molecule has 6 heteroatoms. The summed E-state index contributed by atoms with van der Waals surface area (Å²) in [6.45, 7) is -0.141. The van der Waals surface area contributed by atoms with Gasteiger partial charge in [0.15, 0.2) is 0 Å². The summed E-state index contributed by atoms with van der Waals surface area (Å²) in [5.74, 6) is -1.14. The van der Waals surface area contributed by atoms with E-state index in [1.54, 1.807) is 6.07 Å². The summed E-state index contributed by atoms with van der Waals surface area (Å²) in [4.78, 5) is 11.9. The highest BCUT2D eigenvalue weighted by Crippen LogP contribution is 2.23. The fourth-order valence-electron chi connectivity index (χ4n) is 1.79. The maximum Gasteiger partial charge on any atom is 0.251 e. The molecule has 1 unspecified atom stereocenters. The van der Waals surface area contributed by atoms with E-state index in [1.807, 2.05) is 0 Å². The first-order valence-electron chi connectivity index (χ1n) is 6.18. The summed E-state index contributed by atoms with van der Waals surface area (Å²) in [6, 6.07) is 9.80. The topological polar surface area (TPSA) is 69.6 Å². The van der Waals surface area contributed by atoms with Crippen molar-refractivity contribution < 1.29 is 19.4 Å². The number of carbonyl (C=O) groups is 1. The van der Waals surface area contributed by atoms with Gasteiger partial charge in [-0.25, -0.2) is 4.39 Å². The smallest absolute Gasteiger partial charge is 0.251 e. The number of aliphatic hydroxyl groups excluding tert-OH is 1. The van der Waals surface area contributed by atoms with Gasteiger partial charge in [0.2, 0.25) is 0 Å². The zero-order chi connectivity index (χ0) is 15.4. The van der Waals surface area contributed by atoms with Gasteiger partial charge in [0.25, 0.3) is 5.91 Å². The van der Waals surface area contributed by atoms with Crippen molar-refractivity contribution in [3.8, 4) is 5.75 Å². The zero-order valence-corrected chi connectivity index (χ0v) is 11.6. The monoisotopic (exact) mass is 309 g/mol. The first-order chi connectivity index (χ1) is 9.99. The van der Waals surface area contributed by atoms with Crippen LogP contribution in [-0.2, 0) is 0 Å². The summed E-state index contributed by atoms with van der Waals surface area (Å²) in [5, 5.41) is 21.7. The number of nitrogens with one attached hydrogen (secondary N) is 1. The predicted molar refractivity (Wildman–Crippen MR) is 76.8 cm³/mol. The Hall–Kier alpha value is -2.11. The van der Waals surface area contributed by atoms with E-state index < -0.39 is 17.8 Å². The lowest BCUT2D eigenvalue weighted by atomic mass is 10.1. The second-order valence-corrected chi connectivity index (χ2v) is 4.82. The average molecular weight is 310 g/mol. The Morgan fingerprint density at radius 1 is 1.29 bits per heavy atom. The van der Waals surface area contributed by atoms with Crippen molar-refractivity contribution >= 4 is 17.5 Å². The molecule has 0 bridgehead atoms. The molecule has 0 saturated heterocycles. The summed E-state index contributed by atoms with van der Waals surface area (Å²) in [5.41, 5.74) is 0.347. The van der Waals surface area contributed by atoms with E-state index in [1.165, 1.54) is 36.4 Å². The Morgan fingerprint density at radius 3 is 2.67 bits per heavy atom. The van der Waals surface area contributed by atoms with Gasteiger partial charge in [-0.05, 0) is 24.3 Å². The minimum absolute atomic E-state index is 0.0531. The van der Waals surface area contributed by atoms with Crippen molar-refractivity contribution in [3.63, 3.8) is 0 Å². The van der Waals surface area contributed by atoms with E-state index in [4.69, 9.17) is 11.6 Å². The van der Waals surface area contributed by atoms with Crippen molar-refractivity contribution in [2.45, 2.75) is 6.10 Å². The van der Waals surface area contributed by atoms with E-state index in [-0.39, 0.29) is 28.4 Å². The van der Waals surface area contributed by atoms with Crippen LogP contribution in [0.3, 0.4) is 0 Å². The number of carbonyl (C=O) groups excluding carboxylic acids is 1. The fraction of sp³-hybridized carbons (Fsp3) is 0.133. The maximum atomic E-state index is 13.5. The summed E-state index contributed by atoms with van der Waals surface area (Å²) < 4.78 is 13.5. The third-order valence-electron chi connectivity index (χ3n) is 2.93. The number of aliphatic hydroxyl groups is 1. The van der Waals surface area contributed by atoms with Gasteiger partial charge in [-0.2, -0.15) is 0 Å². The number of rotatable bonds is 4. The predicted octanol–water partition coefficient (Wildman–Crippen LogP) is 2.65. The van der Waals surface area contributed by atoms with Gasteiger partial charge in [0.05, 0.1) is 11.1 Å². The molecule has 0 fully saturated rings. The Kier molecular flexibility index (Phi) is 4.77. The standard InChI is InChI=1S/C15H13ClFNO3/c16-11-7-9(5-6-13(11)19)15(21)18-8-14(20)10-3-1-2-4-12(10)17/h1-7,14,19-20H,8H2,(H,18,21). The molecule has 21 heavy (non-hydrogen) atoms. The van der Waals surface area contributed by atoms with E-state index >= 15 is 0 Å². The third kappa shape index (κ3) is 3.71. The molecule has 0 radical (unpaired) electrons. The van der Waals surface area contributed by atoms with Crippen molar-refractivity contribution in [2.75, 3.05) is 6.54 Å². The molecule has 3 N–H and O–H groups in total. The van der Waals surface area contributed by atoms with Crippen LogP contribution < -0.4 is 5.32 Å². The van der Waals surface area contributed by atoms with Gasteiger partial charge >= 0.3 is 0 Å². The second kappa shape index (κ2) is 6.56. The number of halogens is 2. The molecule has 1 amide bonds. The highest BCUT2D eigenvalue weighted by atomic mass is 35.5. The highest BCUT2D eigenvalue weighted by Gasteiger charge is 2.14. The van der Waals surface area contributed by atoms with E-state index in [9.17, 15) is 19.4 Å². The maximum absolute atomic E-state index is 13.5. The molecule has 0 aliphatic heterocycles. The minimum atomic E-state index is -1.15. The largest absolute Gasteiger partial charge is 0.506 e. The van der Waals surface area contributed by atoms with Crippen LogP contribution in [0.15, 0.2) is 42.5 Å². The first-order valence-corrected chi connectivity index (χ1v) is 6.56. The molecule has 0 saturated carbocycles. The molecule has 110 valence electrons. The molecule has 1 atom stereocenters. The van der Waals surface area contributed by atoms with E-state index in [2.05, 4.69) is 5.32 Å². The van der Waals surface area contributed by atoms with Crippen LogP contribution in [0.4, 0.5) is 4.39 Å². The molecule has 0 heterocycles. The number of aromatic hydroxyl groups is 1. The Balaban J connectivity index is 2.01. The zero-order valence-electron chi connectivity index (χ0n) is 10.9. The van der Waals surface area contributed by atoms with Gasteiger partial charge in [0, 0.05) is 17.7 Å². The Labute approximate surface area is 125 Å². The molecule has 2 rings (SSSR count). The third-order valence-corrected chi connectivity index (χ3v) is 3.23. The molecule has 2 aromatic carbocycles.